The molecule has 0 aliphatic carbocycles. The highest BCUT2D eigenvalue weighted by atomic mass is 28.4. The van der Waals surface area contributed by atoms with Crippen molar-refractivity contribution in [3.63, 3.8) is 0 Å². The lowest BCUT2D eigenvalue weighted by molar-refractivity contribution is 0.0600. The highest BCUT2D eigenvalue weighted by molar-refractivity contribution is 6.74. The number of anilines is 1. The van der Waals surface area contributed by atoms with Crippen LogP contribution in [0.5, 0.6) is 0 Å². The third-order valence-electron chi connectivity index (χ3n) is 3.96. The zero-order valence-corrected chi connectivity index (χ0v) is 14.2. The predicted octanol–water partition coefficient (Wildman–Crippen LogP) is 3.58. The van der Waals surface area contributed by atoms with Gasteiger partial charge in [-0.05, 0) is 36.3 Å². The van der Waals surface area contributed by atoms with Crippen LogP contribution in [0.1, 0.15) is 36.7 Å². The van der Waals surface area contributed by atoms with Crippen molar-refractivity contribution in [3.05, 3.63) is 29.3 Å². The molecule has 1 aromatic rings. The molecule has 0 heterocycles. The van der Waals surface area contributed by atoms with Crippen LogP contribution in [0.15, 0.2) is 18.2 Å². The summed E-state index contributed by atoms with van der Waals surface area (Å²) in [5.74, 6) is -0.362. The number of benzene rings is 1. The van der Waals surface area contributed by atoms with Crippen molar-refractivity contribution < 1.29 is 14.0 Å². The molecular weight excluding hydrogens is 270 g/mol. The molecule has 0 bridgehead atoms. The Hall–Kier alpha value is -1.33. The highest BCUT2D eigenvalue weighted by Gasteiger charge is 2.37. The summed E-state index contributed by atoms with van der Waals surface area (Å²) in [6.45, 7) is 11.4. The second kappa shape index (κ2) is 5.97. The van der Waals surface area contributed by atoms with Crippen molar-refractivity contribution in [1.29, 1.82) is 0 Å². The fourth-order valence-corrected chi connectivity index (χ4v) is 2.40. The van der Waals surface area contributed by atoms with E-state index in [0.717, 1.165) is 5.56 Å². The molecule has 0 unspecified atom stereocenters. The number of carbonyl (C=O) groups excluding carboxylic acids is 1. The fraction of sp³-hybridized carbons (Fsp3) is 0.533. The zero-order valence-electron chi connectivity index (χ0n) is 13.2. The quantitative estimate of drug-likeness (QED) is 0.524. The average Bonchev–Trinajstić information content (AvgIpc) is 2.35. The Bertz CT molecular complexity index is 492. The smallest absolute Gasteiger partial charge is 0.337 e. The molecule has 0 radical (unpaired) electrons. The molecule has 5 heteroatoms. The number of nitrogen functional groups attached to an aromatic ring is 1. The van der Waals surface area contributed by atoms with Gasteiger partial charge in [-0.3, -0.25) is 0 Å². The van der Waals surface area contributed by atoms with Crippen molar-refractivity contribution in [2.24, 2.45) is 0 Å². The molecule has 112 valence electrons. The van der Waals surface area contributed by atoms with Crippen molar-refractivity contribution in [1.82, 2.24) is 0 Å². The largest absolute Gasteiger partial charge is 0.465 e. The summed E-state index contributed by atoms with van der Waals surface area (Å²) >= 11 is 0. The Morgan fingerprint density at radius 1 is 1.30 bits per heavy atom. The van der Waals surface area contributed by atoms with Crippen molar-refractivity contribution >= 4 is 20.0 Å². The number of hydrogen-bond acceptors (Lipinski definition) is 4. The number of esters is 1. The van der Waals surface area contributed by atoms with Crippen LogP contribution in [-0.4, -0.2) is 21.4 Å². The van der Waals surface area contributed by atoms with Gasteiger partial charge in [-0.1, -0.05) is 20.8 Å². The van der Waals surface area contributed by atoms with E-state index in [9.17, 15) is 4.79 Å². The first-order chi connectivity index (χ1) is 9.08. The van der Waals surface area contributed by atoms with E-state index in [2.05, 4.69) is 33.9 Å². The Labute approximate surface area is 122 Å². The number of ether oxygens (including phenoxy) is 1. The number of carbonyl (C=O) groups is 1. The first kappa shape index (κ1) is 16.7. The van der Waals surface area contributed by atoms with Crippen LogP contribution in [0.2, 0.25) is 18.1 Å². The highest BCUT2D eigenvalue weighted by Crippen LogP contribution is 2.37. The van der Waals surface area contributed by atoms with Gasteiger partial charge in [-0.15, -0.1) is 0 Å². The third kappa shape index (κ3) is 3.83. The molecule has 0 aromatic heterocycles. The summed E-state index contributed by atoms with van der Waals surface area (Å²) < 4.78 is 10.9. The number of methoxy groups -OCH3 is 1. The van der Waals surface area contributed by atoms with Crippen molar-refractivity contribution in [2.45, 2.75) is 45.5 Å². The monoisotopic (exact) mass is 295 g/mol. The molecule has 1 aromatic carbocycles. The van der Waals surface area contributed by atoms with E-state index in [1.165, 1.54) is 7.11 Å². The Kier molecular flexibility index (Phi) is 4.99. The van der Waals surface area contributed by atoms with Gasteiger partial charge in [0.2, 0.25) is 0 Å². The van der Waals surface area contributed by atoms with Crippen molar-refractivity contribution in [3.8, 4) is 0 Å². The molecule has 0 aliphatic heterocycles. The van der Waals surface area contributed by atoms with Gasteiger partial charge in [0.25, 0.3) is 0 Å². The van der Waals surface area contributed by atoms with Crippen LogP contribution >= 0.6 is 0 Å². The van der Waals surface area contributed by atoms with E-state index >= 15 is 0 Å². The van der Waals surface area contributed by atoms with E-state index in [1.54, 1.807) is 18.2 Å². The molecule has 20 heavy (non-hydrogen) atoms. The Balaban J connectivity index is 2.90. The van der Waals surface area contributed by atoms with Crippen LogP contribution in [0.25, 0.3) is 0 Å². The summed E-state index contributed by atoms with van der Waals surface area (Å²) in [6, 6.07) is 5.13. The number of rotatable bonds is 4. The molecular formula is C15H25NO3Si. The standard InChI is InChI=1S/C15H25NO3Si/c1-15(2,3)20(5,6)19-10-12-9-11(14(17)18-4)7-8-13(12)16/h7-9H,10,16H2,1-6H3. The molecule has 1 rings (SSSR count). The summed E-state index contributed by atoms with van der Waals surface area (Å²) in [5.41, 5.74) is 7.92. The van der Waals surface area contributed by atoms with Gasteiger partial charge < -0.3 is 14.9 Å². The third-order valence-corrected chi connectivity index (χ3v) is 8.44. The minimum absolute atomic E-state index is 0.141. The maximum atomic E-state index is 11.5. The summed E-state index contributed by atoms with van der Waals surface area (Å²) in [7, 11) is -0.470. The van der Waals surface area contributed by atoms with Gasteiger partial charge in [-0.25, -0.2) is 4.79 Å². The van der Waals surface area contributed by atoms with Gasteiger partial charge in [0.05, 0.1) is 19.3 Å². The molecule has 2 N–H and O–H groups in total. The molecule has 0 saturated heterocycles. The number of hydrogen-bond donors (Lipinski definition) is 1. The molecule has 0 saturated carbocycles. The normalized spacial score (nSPS) is 12.3. The predicted molar refractivity (Wildman–Crippen MR) is 84.2 cm³/mol. The molecule has 0 atom stereocenters. The van der Waals surface area contributed by atoms with Crippen LogP contribution in [0, 0.1) is 0 Å². The maximum absolute atomic E-state index is 11.5. The molecule has 0 amide bonds. The van der Waals surface area contributed by atoms with Crippen LogP contribution in [0.4, 0.5) is 5.69 Å². The van der Waals surface area contributed by atoms with Crippen LogP contribution < -0.4 is 5.73 Å². The Morgan fingerprint density at radius 3 is 2.40 bits per heavy atom. The van der Waals surface area contributed by atoms with Crippen LogP contribution in [-0.2, 0) is 15.8 Å². The lowest BCUT2D eigenvalue weighted by Crippen LogP contribution is -2.40. The minimum Gasteiger partial charge on any atom is -0.465 e. The van der Waals surface area contributed by atoms with E-state index in [4.69, 9.17) is 14.9 Å². The van der Waals surface area contributed by atoms with E-state index < -0.39 is 8.32 Å². The average molecular weight is 295 g/mol. The second-order valence-electron chi connectivity index (χ2n) is 6.45. The molecule has 4 nitrogen and oxygen atoms in total. The molecule has 0 aliphatic rings. The first-order valence-electron chi connectivity index (χ1n) is 6.69. The molecule has 0 spiro atoms. The minimum atomic E-state index is -1.84. The van der Waals surface area contributed by atoms with Gasteiger partial charge in [0, 0.05) is 11.3 Å². The lowest BCUT2D eigenvalue weighted by Gasteiger charge is -2.36. The van der Waals surface area contributed by atoms with Gasteiger partial charge in [-0.2, -0.15) is 0 Å². The summed E-state index contributed by atoms with van der Waals surface area (Å²) in [4.78, 5) is 11.5. The number of nitrogens with two attached hydrogens (primary N) is 1. The van der Waals surface area contributed by atoms with E-state index in [-0.39, 0.29) is 11.0 Å². The topological polar surface area (TPSA) is 61.5 Å². The SMILES string of the molecule is COC(=O)c1ccc(N)c(CO[Si](C)(C)C(C)(C)C)c1. The maximum Gasteiger partial charge on any atom is 0.337 e. The van der Waals surface area contributed by atoms with E-state index in [0.29, 0.717) is 17.9 Å². The summed E-state index contributed by atoms with van der Waals surface area (Å²) in [6.07, 6.45) is 0. The Morgan fingerprint density at radius 2 is 1.90 bits per heavy atom. The first-order valence-corrected chi connectivity index (χ1v) is 9.60. The fourth-order valence-electron chi connectivity index (χ4n) is 1.45. The summed E-state index contributed by atoms with van der Waals surface area (Å²) in [5, 5.41) is 0.141. The lowest BCUT2D eigenvalue weighted by atomic mass is 10.1. The van der Waals surface area contributed by atoms with Gasteiger partial charge in [0.1, 0.15) is 0 Å². The van der Waals surface area contributed by atoms with Crippen LogP contribution in [0.3, 0.4) is 0 Å². The second-order valence-corrected chi connectivity index (χ2v) is 11.3. The van der Waals surface area contributed by atoms with E-state index in [1.807, 2.05) is 0 Å². The zero-order chi connectivity index (χ0) is 15.6. The van der Waals surface area contributed by atoms with Gasteiger partial charge in [0.15, 0.2) is 8.32 Å². The van der Waals surface area contributed by atoms with Crippen molar-refractivity contribution in [2.75, 3.05) is 12.8 Å². The van der Waals surface area contributed by atoms with Gasteiger partial charge >= 0.3 is 5.97 Å². The molecule has 0 fully saturated rings.